The summed E-state index contributed by atoms with van der Waals surface area (Å²) in [6.45, 7) is 4.98. The number of hydrogen-bond donors (Lipinski definition) is 0. The minimum Gasteiger partial charge on any atom is -0.462 e. The molecule has 0 N–H and O–H groups in total. The number of halogens is 1. The first kappa shape index (κ1) is 19.2. The molecule has 0 radical (unpaired) electrons. The van der Waals surface area contributed by atoms with Gasteiger partial charge >= 0.3 is 5.97 Å². The lowest BCUT2D eigenvalue weighted by atomic mass is 10.1. The van der Waals surface area contributed by atoms with E-state index in [0.29, 0.717) is 17.9 Å². The first-order valence-electron chi connectivity index (χ1n) is 9.11. The van der Waals surface area contributed by atoms with Gasteiger partial charge in [-0.2, -0.15) is 0 Å². The zero-order chi connectivity index (χ0) is 19.4. The van der Waals surface area contributed by atoms with E-state index in [1.807, 2.05) is 16.7 Å². The molecule has 0 saturated heterocycles. The Hall–Kier alpha value is -2.60. The smallest absolute Gasteiger partial charge is 0.338 e. The lowest BCUT2D eigenvalue weighted by Crippen LogP contribution is -2.13. The summed E-state index contributed by atoms with van der Waals surface area (Å²) in [5, 5.41) is 0.180. The first-order chi connectivity index (χ1) is 13.0. The number of hydrogen-bond acceptors (Lipinski definition) is 4. The second-order valence-corrected chi connectivity index (χ2v) is 6.65. The van der Waals surface area contributed by atoms with E-state index >= 15 is 0 Å². The maximum Gasteiger partial charge on any atom is 0.338 e. The van der Waals surface area contributed by atoms with Crippen molar-refractivity contribution in [2.45, 2.75) is 39.7 Å². The van der Waals surface area contributed by atoms with Crippen molar-refractivity contribution in [3.8, 4) is 11.3 Å². The van der Waals surface area contributed by atoms with Crippen LogP contribution in [-0.4, -0.2) is 26.5 Å². The van der Waals surface area contributed by atoms with Crippen LogP contribution in [0.3, 0.4) is 0 Å². The average Bonchev–Trinajstić information content (AvgIpc) is 3.01. The average molecular weight is 388 g/mol. The number of benzene rings is 1. The Morgan fingerprint density at radius 2 is 1.93 bits per heavy atom. The van der Waals surface area contributed by atoms with Crippen molar-refractivity contribution >= 4 is 23.3 Å². The summed E-state index contributed by atoms with van der Waals surface area (Å²) in [6.07, 6.45) is 4.91. The van der Waals surface area contributed by atoms with Gasteiger partial charge in [-0.25, -0.2) is 9.78 Å². The van der Waals surface area contributed by atoms with E-state index in [2.05, 4.69) is 11.9 Å². The predicted octanol–water partition coefficient (Wildman–Crippen LogP) is 4.18. The van der Waals surface area contributed by atoms with Crippen LogP contribution in [0.1, 0.15) is 43.5 Å². The van der Waals surface area contributed by atoms with Crippen LogP contribution in [0, 0.1) is 0 Å². The molecule has 27 heavy (non-hydrogen) atoms. The van der Waals surface area contributed by atoms with E-state index in [0.717, 1.165) is 37.1 Å². The molecule has 0 aliphatic heterocycles. The van der Waals surface area contributed by atoms with Gasteiger partial charge in [-0.3, -0.25) is 9.20 Å². The van der Waals surface area contributed by atoms with Crippen LogP contribution in [0.25, 0.3) is 17.0 Å². The normalized spacial score (nSPS) is 11.1. The number of carbonyl (C=O) groups is 1. The van der Waals surface area contributed by atoms with E-state index in [4.69, 9.17) is 16.3 Å². The van der Waals surface area contributed by atoms with E-state index < -0.39 is 0 Å². The van der Waals surface area contributed by atoms with Crippen molar-refractivity contribution in [3.63, 3.8) is 0 Å². The Morgan fingerprint density at radius 3 is 2.59 bits per heavy atom. The highest BCUT2D eigenvalue weighted by Gasteiger charge is 2.15. The molecule has 0 bridgehead atoms. The second kappa shape index (κ2) is 8.39. The summed E-state index contributed by atoms with van der Waals surface area (Å²) in [7, 11) is 0. The standard InChI is InChI=1S/C20H22ClN3O3/c1-3-5-6-11-23-16(13-24-18(25)12-17(21)22-20(23)24)14-7-9-15(10-8-14)19(26)27-4-2/h7-10,12-13H,3-6,11H2,1-2H3. The van der Waals surface area contributed by atoms with Crippen molar-refractivity contribution < 1.29 is 9.53 Å². The van der Waals surface area contributed by atoms with Gasteiger partial charge in [-0.05, 0) is 31.0 Å². The lowest BCUT2D eigenvalue weighted by Gasteiger charge is -2.10. The highest BCUT2D eigenvalue weighted by atomic mass is 35.5. The molecule has 0 aliphatic carbocycles. The number of nitrogens with zero attached hydrogens (tertiary/aromatic N) is 3. The Bertz CT molecular complexity index is 1010. The van der Waals surface area contributed by atoms with E-state index in [1.54, 1.807) is 25.3 Å². The van der Waals surface area contributed by atoms with Crippen molar-refractivity contribution in [2.75, 3.05) is 6.61 Å². The Balaban J connectivity index is 2.07. The number of imidazole rings is 1. The summed E-state index contributed by atoms with van der Waals surface area (Å²) in [5.74, 6) is 0.172. The second-order valence-electron chi connectivity index (χ2n) is 6.26. The summed E-state index contributed by atoms with van der Waals surface area (Å²) < 4.78 is 8.53. The summed E-state index contributed by atoms with van der Waals surface area (Å²) in [4.78, 5) is 28.5. The van der Waals surface area contributed by atoms with Crippen LogP contribution in [-0.2, 0) is 11.3 Å². The number of unbranched alkanes of at least 4 members (excludes halogenated alkanes) is 2. The fourth-order valence-electron chi connectivity index (χ4n) is 3.03. The highest BCUT2D eigenvalue weighted by molar-refractivity contribution is 6.29. The summed E-state index contributed by atoms with van der Waals surface area (Å²) in [6, 6.07) is 8.46. The molecule has 0 saturated carbocycles. The van der Waals surface area contributed by atoms with Gasteiger partial charge < -0.3 is 9.30 Å². The predicted molar refractivity (Wildman–Crippen MR) is 105 cm³/mol. The fourth-order valence-corrected chi connectivity index (χ4v) is 3.19. The molecule has 2 heterocycles. The van der Waals surface area contributed by atoms with Crippen molar-refractivity contribution in [2.24, 2.45) is 0 Å². The molecule has 0 amide bonds. The van der Waals surface area contributed by atoms with Gasteiger partial charge in [0.15, 0.2) is 0 Å². The van der Waals surface area contributed by atoms with Crippen LogP contribution < -0.4 is 5.56 Å². The largest absolute Gasteiger partial charge is 0.462 e. The minimum absolute atomic E-state index is 0.180. The van der Waals surface area contributed by atoms with E-state index in [9.17, 15) is 9.59 Å². The van der Waals surface area contributed by atoms with Gasteiger partial charge in [0.1, 0.15) is 5.15 Å². The molecule has 1 aromatic carbocycles. The molecule has 3 rings (SSSR count). The SMILES string of the molecule is CCCCCn1c(-c2ccc(C(=O)OCC)cc2)cn2c(=O)cc(Cl)nc12. The number of aryl methyl sites for hydroxylation is 1. The fraction of sp³-hybridized carbons (Fsp3) is 0.350. The van der Waals surface area contributed by atoms with Gasteiger partial charge in [0.05, 0.1) is 17.9 Å². The molecule has 0 unspecified atom stereocenters. The molecule has 6 nitrogen and oxygen atoms in total. The molecular formula is C20H22ClN3O3. The molecule has 2 aromatic heterocycles. The zero-order valence-corrected chi connectivity index (χ0v) is 16.2. The van der Waals surface area contributed by atoms with Crippen LogP contribution in [0.4, 0.5) is 0 Å². The minimum atomic E-state index is -0.350. The van der Waals surface area contributed by atoms with Crippen LogP contribution in [0.15, 0.2) is 41.3 Å². The Morgan fingerprint density at radius 1 is 1.19 bits per heavy atom. The third-order valence-electron chi connectivity index (χ3n) is 4.36. The maximum absolute atomic E-state index is 12.3. The zero-order valence-electron chi connectivity index (χ0n) is 15.4. The maximum atomic E-state index is 12.3. The molecule has 0 spiro atoms. The highest BCUT2D eigenvalue weighted by Crippen LogP contribution is 2.24. The Labute approximate surface area is 162 Å². The number of rotatable bonds is 7. The van der Waals surface area contributed by atoms with Gasteiger partial charge in [0.25, 0.3) is 5.56 Å². The molecule has 7 heteroatoms. The molecular weight excluding hydrogens is 366 g/mol. The third kappa shape index (κ3) is 4.06. The molecule has 0 atom stereocenters. The van der Waals surface area contributed by atoms with Crippen molar-refractivity contribution in [1.82, 2.24) is 14.0 Å². The van der Waals surface area contributed by atoms with Crippen LogP contribution in [0.2, 0.25) is 5.15 Å². The number of aromatic nitrogens is 3. The van der Waals surface area contributed by atoms with Crippen LogP contribution in [0.5, 0.6) is 0 Å². The number of carbonyl (C=O) groups excluding carboxylic acids is 1. The van der Waals surface area contributed by atoms with Gasteiger partial charge in [0, 0.05) is 18.8 Å². The number of esters is 1. The Kier molecular flexibility index (Phi) is 5.96. The van der Waals surface area contributed by atoms with Gasteiger partial charge in [0.2, 0.25) is 5.78 Å². The quantitative estimate of drug-likeness (QED) is 0.346. The first-order valence-corrected chi connectivity index (χ1v) is 9.49. The monoisotopic (exact) mass is 387 g/mol. The number of ether oxygens (including phenoxy) is 1. The molecule has 0 aliphatic rings. The van der Waals surface area contributed by atoms with Crippen LogP contribution >= 0.6 is 11.6 Å². The van der Waals surface area contributed by atoms with Crippen molar-refractivity contribution in [3.05, 3.63) is 57.6 Å². The van der Waals surface area contributed by atoms with E-state index in [1.165, 1.54) is 10.5 Å². The molecule has 142 valence electrons. The van der Waals surface area contributed by atoms with Crippen molar-refractivity contribution in [1.29, 1.82) is 0 Å². The molecule has 0 fully saturated rings. The summed E-state index contributed by atoms with van der Waals surface area (Å²) in [5.41, 5.74) is 2.02. The topological polar surface area (TPSA) is 65.6 Å². The molecule has 3 aromatic rings. The van der Waals surface area contributed by atoms with Gasteiger partial charge in [-0.15, -0.1) is 0 Å². The third-order valence-corrected chi connectivity index (χ3v) is 4.56. The summed E-state index contributed by atoms with van der Waals surface area (Å²) >= 11 is 6.01. The van der Waals surface area contributed by atoms with Gasteiger partial charge in [-0.1, -0.05) is 43.5 Å². The lowest BCUT2D eigenvalue weighted by molar-refractivity contribution is 0.0526. The van der Waals surface area contributed by atoms with E-state index in [-0.39, 0.29) is 16.7 Å². The number of fused-ring (bicyclic) bond motifs is 1.